The normalized spacial score (nSPS) is 16.7. The highest BCUT2D eigenvalue weighted by Gasteiger charge is 2.18. The topological polar surface area (TPSA) is 56.5 Å². The van der Waals surface area contributed by atoms with Crippen molar-refractivity contribution >= 4 is 44.4 Å². The van der Waals surface area contributed by atoms with E-state index >= 15 is 0 Å². The summed E-state index contributed by atoms with van der Waals surface area (Å²) in [4.78, 5) is 17.9. The summed E-state index contributed by atoms with van der Waals surface area (Å²) in [5.41, 5.74) is 2.67. The molecule has 138 valence electrons. The molecule has 5 nitrogen and oxygen atoms in total. The van der Waals surface area contributed by atoms with Gasteiger partial charge in [-0.15, -0.1) is 5.10 Å². The third kappa shape index (κ3) is 2.96. The van der Waals surface area contributed by atoms with Crippen molar-refractivity contribution in [1.82, 2.24) is 14.6 Å². The average Bonchev–Trinajstić information content (AvgIpc) is 3.23. The van der Waals surface area contributed by atoms with Gasteiger partial charge in [0, 0.05) is 15.6 Å². The maximum absolute atomic E-state index is 12.8. The molecule has 0 saturated heterocycles. The number of ether oxygens (including phenoxy) is 1. The van der Waals surface area contributed by atoms with Crippen molar-refractivity contribution in [2.24, 2.45) is 0 Å². The summed E-state index contributed by atoms with van der Waals surface area (Å²) in [6.45, 7) is 1.98. The van der Waals surface area contributed by atoms with Gasteiger partial charge in [-0.2, -0.15) is 9.50 Å². The molecule has 1 atom stereocenters. The molecule has 5 rings (SSSR count). The summed E-state index contributed by atoms with van der Waals surface area (Å²) in [6, 6.07) is 15.6. The van der Waals surface area contributed by atoms with Crippen LogP contribution in [0.2, 0.25) is 0 Å². The second-order valence-electron chi connectivity index (χ2n) is 6.49. The van der Waals surface area contributed by atoms with E-state index in [9.17, 15) is 4.79 Å². The molecule has 0 saturated carbocycles. The van der Waals surface area contributed by atoms with E-state index in [1.54, 1.807) is 0 Å². The predicted octanol–water partition coefficient (Wildman–Crippen LogP) is 3.94. The maximum atomic E-state index is 12.8. The molecule has 0 bridgehead atoms. The summed E-state index contributed by atoms with van der Waals surface area (Å²) in [6.07, 6.45) is 3.81. The maximum Gasteiger partial charge on any atom is 0.291 e. The predicted molar refractivity (Wildman–Crippen MR) is 114 cm³/mol. The number of fused-ring (bicyclic) bond motifs is 2. The van der Waals surface area contributed by atoms with Gasteiger partial charge >= 0.3 is 0 Å². The number of hydrogen-bond acceptors (Lipinski definition) is 5. The molecule has 2 aromatic heterocycles. The van der Waals surface area contributed by atoms with E-state index in [1.165, 1.54) is 15.9 Å². The molecule has 0 N–H and O–H groups in total. The van der Waals surface area contributed by atoms with Gasteiger partial charge in [0.05, 0.1) is 4.53 Å². The second kappa shape index (κ2) is 6.68. The Hall–Kier alpha value is -2.77. The molecule has 0 aliphatic carbocycles. The number of halogens is 1. The van der Waals surface area contributed by atoms with Crippen LogP contribution in [0.3, 0.4) is 0 Å². The molecule has 3 heterocycles. The number of thiazole rings is 1. The monoisotopic (exact) mass is 451 g/mol. The van der Waals surface area contributed by atoms with Gasteiger partial charge in [-0.3, -0.25) is 4.79 Å². The largest absolute Gasteiger partial charge is 0.485 e. The fourth-order valence-corrected chi connectivity index (χ4v) is 4.30. The van der Waals surface area contributed by atoms with E-state index in [2.05, 4.69) is 32.1 Å². The van der Waals surface area contributed by atoms with Crippen LogP contribution in [0, 0.1) is 0 Å². The van der Waals surface area contributed by atoms with Gasteiger partial charge in [-0.25, -0.2) is 0 Å². The molecule has 0 unspecified atom stereocenters. The lowest BCUT2D eigenvalue weighted by molar-refractivity contribution is 0.259. The number of benzene rings is 2. The van der Waals surface area contributed by atoms with Crippen LogP contribution in [-0.2, 0) is 0 Å². The smallest absolute Gasteiger partial charge is 0.291 e. The lowest BCUT2D eigenvalue weighted by Gasteiger charge is -2.22. The number of nitrogens with zero attached hydrogens (tertiary/aromatic N) is 3. The molecule has 1 aliphatic heterocycles. The summed E-state index contributed by atoms with van der Waals surface area (Å²) in [5, 5.41) is 4.40. The summed E-state index contributed by atoms with van der Waals surface area (Å²) in [5.74, 6) is 1.40. The van der Waals surface area contributed by atoms with Crippen molar-refractivity contribution < 1.29 is 4.74 Å². The Balaban J connectivity index is 1.58. The molecule has 7 heteroatoms. The van der Waals surface area contributed by atoms with E-state index in [-0.39, 0.29) is 11.7 Å². The van der Waals surface area contributed by atoms with Crippen molar-refractivity contribution in [1.29, 1.82) is 0 Å². The highest BCUT2D eigenvalue weighted by atomic mass is 79.9. The molecule has 1 aliphatic rings. The Morgan fingerprint density at radius 2 is 1.96 bits per heavy atom. The van der Waals surface area contributed by atoms with Gasteiger partial charge in [0.15, 0.2) is 5.82 Å². The zero-order chi connectivity index (χ0) is 19.3. The van der Waals surface area contributed by atoms with Crippen molar-refractivity contribution in [3.05, 3.63) is 79.0 Å². The molecular weight excluding hydrogens is 438 g/mol. The van der Waals surface area contributed by atoms with Gasteiger partial charge in [0.2, 0.25) is 4.96 Å². The van der Waals surface area contributed by atoms with E-state index in [0.717, 1.165) is 26.9 Å². The van der Waals surface area contributed by atoms with Crippen molar-refractivity contribution in [3.63, 3.8) is 0 Å². The Bertz CT molecular complexity index is 1340. The third-order valence-corrected chi connectivity index (χ3v) is 6.08. The fourth-order valence-electron chi connectivity index (χ4n) is 3.13. The van der Waals surface area contributed by atoms with Crippen molar-refractivity contribution in [3.8, 4) is 17.1 Å². The first-order valence-electron chi connectivity index (χ1n) is 8.73. The van der Waals surface area contributed by atoms with Crippen molar-refractivity contribution in [2.45, 2.75) is 13.0 Å². The molecule has 0 amide bonds. The van der Waals surface area contributed by atoms with Crippen LogP contribution < -0.4 is 14.8 Å². The standard InChI is InChI=1S/C21H14BrN3O2S/c1-12-15(10-14-4-2-3-5-17(14)27-12)11-18-20(26)25-21(28-18)23-19(24-25)13-6-8-16(22)9-7-13/h2-12H,1H3/b18-11-/t12-/m1/s1. The Morgan fingerprint density at radius 1 is 1.18 bits per heavy atom. The second-order valence-corrected chi connectivity index (χ2v) is 8.42. The molecule has 0 radical (unpaired) electrons. The van der Waals surface area contributed by atoms with E-state index in [1.807, 2.05) is 61.5 Å². The zero-order valence-corrected chi connectivity index (χ0v) is 17.2. The number of hydrogen-bond donors (Lipinski definition) is 0. The summed E-state index contributed by atoms with van der Waals surface area (Å²) < 4.78 is 8.91. The molecule has 0 spiro atoms. The SMILES string of the molecule is C[C@H]1Oc2ccccc2C=C1/C=c1\sc2nc(-c3ccc(Br)cc3)nn2c1=O. The molecule has 2 aromatic carbocycles. The first-order valence-corrected chi connectivity index (χ1v) is 10.3. The first kappa shape index (κ1) is 17.3. The number of para-hydroxylation sites is 1. The minimum atomic E-state index is -0.164. The third-order valence-electron chi connectivity index (χ3n) is 4.60. The van der Waals surface area contributed by atoms with E-state index in [4.69, 9.17) is 4.74 Å². The lowest BCUT2D eigenvalue weighted by atomic mass is 10.0. The van der Waals surface area contributed by atoms with Crippen LogP contribution in [-0.4, -0.2) is 20.7 Å². The van der Waals surface area contributed by atoms with Crippen LogP contribution in [0.15, 0.2) is 63.4 Å². The minimum absolute atomic E-state index is 0.130. The van der Waals surface area contributed by atoms with E-state index in [0.29, 0.717) is 15.3 Å². The van der Waals surface area contributed by atoms with Gasteiger partial charge in [-0.1, -0.05) is 57.6 Å². The number of aromatic nitrogens is 3. The fraction of sp³-hybridized carbons (Fsp3) is 0.0952. The molecule has 0 fully saturated rings. The minimum Gasteiger partial charge on any atom is -0.485 e. The molecule has 4 aromatic rings. The molecule has 28 heavy (non-hydrogen) atoms. The lowest BCUT2D eigenvalue weighted by Crippen LogP contribution is -2.26. The Kier molecular flexibility index (Phi) is 4.14. The highest BCUT2D eigenvalue weighted by molar-refractivity contribution is 9.10. The number of rotatable bonds is 2. The quantitative estimate of drug-likeness (QED) is 0.463. The van der Waals surface area contributed by atoms with Crippen molar-refractivity contribution in [2.75, 3.05) is 0 Å². The first-order chi connectivity index (χ1) is 13.6. The highest BCUT2D eigenvalue weighted by Crippen LogP contribution is 2.29. The Labute approximate surface area is 172 Å². The van der Waals surface area contributed by atoms with Gasteiger partial charge in [-0.05, 0) is 42.8 Å². The van der Waals surface area contributed by atoms with Crippen LogP contribution in [0.4, 0.5) is 0 Å². The van der Waals surface area contributed by atoms with Gasteiger partial charge < -0.3 is 4.74 Å². The summed E-state index contributed by atoms with van der Waals surface area (Å²) >= 11 is 4.75. The van der Waals surface area contributed by atoms with Crippen LogP contribution in [0.25, 0.3) is 28.5 Å². The van der Waals surface area contributed by atoms with Gasteiger partial charge in [0.1, 0.15) is 11.9 Å². The summed E-state index contributed by atoms with van der Waals surface area (Å²) in [7, 11) is 0. The Morgan fingerprint density at radius 3 is 2.75 bits per heavy atom. The van der Waals surface area contributed by atoms with Crippen LogP contribution in [0.5, 0.6) is 5.75 Å². The molecular formula is C21H14BrN3O2S. The van der Waals surface area contributed by atoms with E-state index < -0.39 is 0 Å². The van der Waals surface area contributed by atoms with Crippen LogP contribution >= 0.6 is 27.3 Å². The average molecular weight is 452 g/mol. The zero-order valence-electron chi connectivity index (χ0n) is 14.8. The van der Waals surface area contributed by atoms with Gasteiger partial charge in [0.25, 0.3) is 5.56 Å². The van der Waals surface area contributed by atoms with Crippen LogP contribution in [0.1, 0.15) is 12.5 Å².